The highest BCUT2D eigenvalue weighted by atomic mass is 16.5. The van der Waals surface area contributed by atoms with E-state index in [1.165, 1.54) is 19.3 Å². The zero-order valence-electron chi connectivity index (χ0n) is 16.0. The van der Waals surface area contributed by atoms with Gasteiger partial charge in [0.1, 0.15) is 5.75 Å². The van der Waals surface area contributed by atoms with E-state index in [0.29, 0.717) is 22.8 Å². The number of rotatable bonds is 5. The molecule has 0 radical (unpaired) electrons. The number of carbonyl (C=O) groups is 1. The van der Waals surface area contributed by atoms with E-state index in [1.54, 1.807) is 13.3 Å². The van der Waals surface area contributed by atoms with Gasteiger partial charge >= 0.3 is 0 Å². The summed E-state index contributed by atoms with van der Waals surface area (Å²) in [6.07, 6.45) is 7.40. The van der Waals surface area contributed by atoms with Crippen LogP contribution in [0.1, 0.15) is 42.5 Å². The summed E-state index contributed by atoms with van der Waals surface area (Å²) in [6.45, 7) is 0. The second-order valence-corrected chi connectivity index (χ2v) is 7.11. The number of ether oxygens (including phenoxy) is 1. The van der Waals surface area contributed by atoms with E-state index in [2.05, 4.69) is 10.3 Å². The molecule has 1 aromatic heterocycles. The monoisotopic (exact) mass is 376 g/mol. The number of nitrogens with zero attached hydrogens (tertiary/aromatic N) is 1. The van der Waals surface area contributed by atoms with Crippen LogP contribution in [-0.4, -0.2) is 24.0 Å². The number of hydrogen-bond donors (Lipinski definition) is 1. The Morgan fingerprint density at radius 1 is 1.07 bits per heavy atom. The fraction of sp³-hybridized carbons (Fsp3) is 0.304. The first-order chi connectivity index (χ1) is 13.7. The summed E-state index contributed by atoms with van der Waals surface area (Å²) in [5, 5.41) is 3.17. The molecule has 2 aromatic carbocycles. The quantitative estimate of drug-likeness (QED) is 0.674. The van der Waals surface area contributed by atoms with Crippen molar-refractivity contribution in [3.8, 4) is 28.5 Å². The molecule has 1 amide bonds. The van der Waals surface area contributed by atoms with Crippen LogP contribution in [0.25, 0.3) is 22.8 Å². The van der Waals surface area contributed by atoms with Gasteiger partial charge in [-0.15, -0.1) is 0 Å². The molecule has 144 valence electrons. The molecule has 1 aliphatic carbocycles. The maximum absolute atomic E-state index is 12.9. The van der Waals surface area contributed by atoms with Crippen molar-refractivity contribution in [1.29, 1.82) is 0 Å². The van der Waals surface area contributed by atoms with Crippen LogP contribution in [0.15, 0.2) is 59.1 Å². The summed E-state index contributed by atoms with van der Waals surface area (Å²) in [7, 11) is 1.64. The number of amides is 1. The van der Waals surface area contributed by atoms with Gasteiger partial charge in [0.2, 0.25) is 5.89 Å². The lowest BCUT2D eigenvalue weighted by atomic mass is 9.95. The molecule has 0 unspecified atom stereocenters. The maximum atomic E-state index is 12.9. The lowest BCUT2D eigenvalue weighted by Crippen LogP contribution is -2.36. The summed E-state index contributed by atoms with van der Waals surface area (Å²) >= 11 is 0. The minimum Gasteiger partial charge on any atom is -0.497 e. The van der Waals surface area contributed by atoms with Gasteiger partial charge in [0.05, 0.1) is 18.9 Å². The predicted molar refractivity (Wildman–Crippen MR) is 108 cm³/mol. The third kappa shape index (κ3) is 3.93. The normalized spacial score (nSPS) is 14.6. The summed E-state index contributed by atoms with van der Waals surface area (Å²) in [6, 6.07) is 15.3. The largest absolute Gasteiger partial charge is 0.497 e. The van der Waals surface area contributed by atoms with Gasteiger partial charge in [0, 0.05) is 17.2 Å². The SMILES string of the molecule is COc1ccc(-c2cnc(-c3ccccc3C(=O)NC3CCCCC3)o2)cc1. The first-order valence-electron chi connectivity index (χ1n) is 9.75. The van der Waals surface area contributed by atoms with Crippen LogP contribution in [0.4, 0.5) is 0 Å². The predicted octanol–water partition coefficient (Wildman–Crippen LogP) is 5.08. The van der Waals surface area contributed by atoms with Gasteiger partial charge in [-0.1, -0.05) is 31.4 Å². The van der Waals surface area contributed by atoms with Crippen molar-refractivity contribution in [2.45, 2.75) is 38.1 Å². The third-order valence-electron chi connectivity index (χ3n) is 5.22. The van der Waals surface area contributed by atoms with Crippen molar-refractivity contribution in [2.75, 3.05) is 7.11 Å². The molecule has 28 heavy (non-hydrogen) atoms. The molecule has 1 N–H and O–H groups in total. The second kappa shape index (κ2) is 8.30. The van der Waals surface area contributed by atoms with Gasteiger partial charge in [-0.3, -0.25) is 4.79 Å². The van der Waals surface area contributed by atoms with Crippen molar-refractivity contribution in [3.63, 3.8) is 0 Å². The molecule has 4 rings (SSSR count). The Morgan fingerprint density at radius 2 is 1.82 bits per heavy atom. The summed E-state index contributed by atoms with van der Waals surface area (Å²) in [4.78, 5) is 17.3. The van der Waals surface area contributed by atoms with E-state index in [1.807, 2.05) is 48.5 Å². The molecular weight excluding hydrogens is 352 g/mol. The van der Waals surface area contributed by atoms with Crippen molar-refractivity contribution in [1.82, 2.24) is 10.3 Å². The fourth-order valence-electron chi connectivity index (χ4n) is 3.67. The van der Waals surface area contributed by atoms with Crippen LogP contribution in [0, 0.1) is 0 Å². The topological polar surface area (TPSA) is 64.4 Å². The summed E-state index contributed by atoms with van der Waals surface area (Å²) in [5.41, 5.74) is 2.20. The Morgan fingerprint density at radius 3 is 2.57 bits per heavy atom. The number of carbonyl (C=O) groups excluding carboxylic acids is 1. The van der Waals surface area contributed by atoms with Crippen LogP contribution in [0.3, 0.4) is 0 Å². The molecule has 0 aliphatic heterocycles. The number of benzene rings is 2. The Hall–Kier alpha value is -3.08. The zero-order valence-corrected chi connectivity index (χ0v) is 16.0. The maximum Gasteiger partial charge on any atom is 0.252 e. The molecule has 1 saturated carbocycles. The average Bonchev–Trinajstić information content (AvgIpc) is 3.25. The standard InChI is InChI=1S/C23H24N2O3/c1-27-18-13-11-16(12-14-18)21-15-24-23(28-21)20-10-6-5-9-19(20)22(26)25-17-7-3-2-4-8-17/h5-6,9-15,17H,2-4,7-8H2,1H3,(H,25,26). The van der Waals surface area contributed by atoms with E-state index in [9.17, 15) is 4.79 Å². The number of nitrogens with one attached hydrogen (secondary N) is 1. The van der Waals surface area contributed by atoms with E-state index < -0.39 is 0 Å². The summed E-state index contributed by atoms with van der Waals surface area (Å²) in [5.74, 6) is 1.82. The van der Waals surface area contributed by atoms with E-state index >= 15 is 0 Å². The molecule has 5 heteroatoms. The Bertz CT molecular complexity index is 940. The highest BCUT2D eigenvalue weighted by Gasteiger charge is 2.20. The second-order valence-electron chi connectivity index (χ2n) is 7.11. The molecule has 0 atom stereocenters. The fourth-order valence-corrected chi connectivity index (χ4v) is 3.67. The first-order valence-corrected chi connectivity index (χ1v) is 9.75. The molecule has 0 spiro atoms. The van der Waals surface area contributed by atoms with Gasteiger partial charge in [-0.05, 0) is 49.2 Å². The van der Waals surface area contributed by atoms with Gasteiger partial charge in [0.15, 0.2) is 5.76 Å². The average molecular weight is 376 g/mol. The summed E-state index contributed by atoms with van der Waals surface area (Å²) < 4.78 is 11.2. The third-order valence-corrected chi connectivity index (χ3v) is 5.22. The lowest BCUT2D eigenvalue weighted by molar-refractivity contribution is 0.0928. The van der Waals surface area contributed by atoms with E-state index in [-0.39, 0.29) is 11.9 Å². The van der Waals surface area contributed by atoms with Gasteiger partial charge in [-0.2, -0.15) is 0 Å². The van der Waals surface area contributed by atoms with Gasteiger partial charge in [0.25, 0.3) is 5.91 Å². The molecule has 1 heterocycles. The zero-order chi connectivity index (χ0) is 19.3. The molecule has 1 aliphatic rings. The minimum atomic E-state index is -0.0632. The number of hydrogen-bond acceptors (Lipinski definition) is 4. The smallest absolute Gasteiger partial charge is 0.252 e. The van der Waals surface area contributed by atoms with Gasteiger partial charge < -0.3 is 14.5 Å². The molecular formula is C23H24N2O3. The number of methoxy groups -OCH3 is 1. The van der Waals surface area contributed by atoms with E-state index in [4.69, 9.17) is 9.15 Å². The van der Waals surface area contributed by atoms with E-state index in [0.717, 1.165) is 24.2 Å². The Balaban J connectivity index is 1.57. The first kappa shape index (κ1) is 18.3. The van der Waals surface area contributed by atoms with Crippen LogP contribution < -0.4 is 10.1 Å². The molecule has 0 saturated heterocycles. The number of oxazole rings is 1. The molecule has 5 nitrogen and oxygen atoms in total. The Kier molecular flexibility index (Phi) is 5.42. The van der Waals surface area contributed by atoms with Crippen LogP contribution in [0.2, 0.25) is 0 Å². The van der Waals surface area contributed by atoms with Crippen LogP contribution in [-0.2, 0) is 0 Å². The van der Waals surface area contributed by atoms with Gasteiger partial charge in [-0.25, -0.2) is 4.98 Å². The molecule has 1 fully saturated rings. The van der Waals surface area contributed by atoms with Crippen molar-refractivity contribution in [3.05, 3.63) is 60.3 Å². The molecule has 3 aromatic rings. The van der Waals surface area contributed by atoms with Crippen molar-refractivity contribution < 1.29 is 13.9 Å². The highest BCUT2D eigenvalue weighted by Crippen LogP contribution is 2.29. The molecule has 0 bridgehead atoms. The highest BCUT2D eigenvalue weighted by molar-refractivity contribution is 6.00. The minimum absolute atomic E-state index is 0.0632. The van der Waals surface area contributed by atoms with Crippen LogP contribution in [0.5, 0.6) is 5.75 Å². The van der Waals surface area contributed by atoms with Crippen molar-refractivity contribution in [2.24, 2.45) is 0 Å². The van der Waals surface area contributed by atoms with Crippen molar-refractivity contribution >= 4 is 5.91 Å². The Labute approximate surface area is 164 Å². The van der Waals surface area contributed by atoms with Crippen LogP contribution >= 0.6 is 0 Å². The lowest BCUT2D eigenvalue weighted by Gasteiger charge is -2.23. The number of aromatic nitrogens is 1.